The Morgan fingerprint density at radius 3 is 2.26 bits per heavy atom. The number of rotatable bonds is 5. The number of para-hydroxylation sites is 2. The maximum Gasteiger partial charge on any atom is 0.289 e. The number of nitro benzene ring substituents is 1. The molecule has 0 aliphatic carbocycles. The second-order valence-electron chi connectivity index (χ2n) is 7.99. The van der Waals surface area contributed by atoms with Crippen LogP contribution >= 0.6 is 0 Å². The molecule has 9 nitrogen and oxygen atoms in total. The van der Waals surface area contributed by atoms with Crippen molar-refractivity contribution in [2.75, 3.05) is 26.2 Å². The fourth-order valence-corrected chi connectivity index (χ4v) is 5.83. The molecule has 0 N–H and O–H groups in total. The molecule has 178 valence electrons. The zero-order valence-electron chi connectivity index (χ0n) is 18.6. The first-order chi connectivity index (χ1) is 16.1. The standard InChI is InChI=1S/C23H23FN4O5S/c1-16-15-18(17(2)27(16)20-8-4-3-7-19(20)24)23(29)25-11-13-26(14-12-25)34(32,33)22-10-6-5-9-21(22)28(30)31/h3-10,15H,11-14H2,1-2H3. The molecular weight excluding hydrogens is 463 g/mol. The highest BCUT2D eigenvalue weighted by Gasteiger charge is 2.35. The molecule has 0 radical (unpaired) electrons. The van der Waals surface area contributed by atoms with Crippen LogP contribution in [0.1, 0.15) is 21.7 Å². The Kier molecular flexibility index (Phi) is 6.24. The minimum absolute atomic E-state index is 0.00612. The van der Waals surface area contributed by atoms with Crippen LogP contribution in [-0.2, 0) is 10.0 Å². The quantitative estimate of drug-likeness (QED) is 0.406. The number of nitrogens with zero attached hydrogens (tertiary/aromatic N) is 4. The molecule has 34 heavy (non-hydrogen) atoms. The van der Waals surface area contributed by atoms with E-state index in [1.54, 1.807) is 47.6 Å². The fourth-order valence-electron chi connectivity index (χ4n) is 4.25. The van der Waals surface area contributed by atoms with Crippen molar-refractivity contribution >= 4 is 21.6 Å². The molecule has 0 spiro atoms. The van der Waals surface area contributed by atoms with Crippen molar-refractivity contribution in [1.29, 1.82) is 0 Å². The van der Waals surface area contributed by atoms with E-state index in [-0.39, 0.29) is 37.0 Å². The third-order valence-corrected chi connectivity index (χ3v) is 7.91. The number of carbonyl (C=O) groups is 1. The maximum atomic E-state index is 14.4. The van der Waals surface area contributed by atoms with E-state index in [0.717, 1.165) is 10.4 Å². The van der Waals surface area contributed by atoms with Gasteiger partial charge in [0.05, 0.1) is 16.2 Å². The summed E-state index contributed by atoms with van der Waals surface area (Å²) in [6.07, 6.45) is 0. The van der Waals surface area contributed by atoms with Gasteiger partial charge in [-0.3, -0.25) is 14.9 Å². The van der Waals surface area contributed by atoms with Crippen molar-refractivity contribution < 1.29 is 22.5 Å². The lowest BCUT2D eigenvalue weighted by atomic mass is 10.2. The number of aromatic nitrogens is 1. The van der Waals surface area contributed by atoms with Crippen molar-refractivity contribution in [1.82, 2.24) is 13.8 Å². The molecule has 0 atom stereocenters. The Morgan fingerprint density at radius 2 is 1.62 bits per heavy atom. The maximum absolute atomic E-state index is 14.4. The number of hydrogen-bond donors (Lipinski definition) is 0. The lowest BCUT2D eigenvalue weighted by Gasteiger charge is -2.34. The molecule has 2 aromatic carbocycles. The zero-order valence-corrected chi connectivity index (χ0v) is 19.5. The van der Waals surface area contributed by atoms with Gasteiger partial charge in [-0.2, -0.15) is 4.31 Å². The minimum atomic E-state index is -4.10. The number of aryl methyl sites for hydroxylation is 1. The SMILES string of the molecule is Cc1cc(C(=O)N2CCN(S(=O)(=O)c3ccccc3[N+](=O)[O-])CC2)c(C)n1-c1ccccc1F. The molecule has 2 heterocycles. The van der Waals surface area contributed by atoms with E-state index in [1.807, 2.05) is 0 Å². The summed E-state index contributed by atoms with van der Waals surface area (Å²) < 4.78 is 43.2. The smallest absolute Gasteiger partial charge is 0.289 e. The van der Waals surface area contributed by atoms with Gasteiger partial charge in [-0.05, 0) is 38.1 Å². The summed E-state index contributed by atoms with van der Waals surface area (Å²) in [6.45, 7) is 3.79. The van der Waals surface area contributed by atoms with Crippen LogP contribution in [-0.4, -0.2) is 59.2 Å². The lowest BCUT2D eigenvalue weighted by Crippen LogP contribution is -2.50. The predicted octanol–water partition coefficient (Wildman–Crippen LogP) is 3.29. The first-order valence-electron chi connectivity index (χ1n) is 10.6. The highest BCUT2D eigenvalue weighted by Crippen LogP contribution is 2.28. The molecule has 0 bridgehead atoms. The summed E-state index contributed by atoms with van der Waals surface area (Å²) in [6, 6.07) is 13.2. The van der Waals surface area contributed by atoms with Gasteiger partial charge in [0.15, 0.2) is 4.90 Å². The first kappa shape index (κ1) is 23.6. The summed E-state index contributed by atoms with van der Waals surface area (Å²) in [5.41, 5.74) is 1.56. The van der Waals surface area contributed by atoms with Crippen LogP contribution in [0.2, 0.25) is 0 Å². The number of piperazine rings is 1. The largest absolute Gasteiger partial charge is 0.336 e. The molecule has 1 amide bonds. The van der Waals surface area contributed by atoms with Gasteiger partial charge < -0.3 is 9.47 Å². The Labute approximate surface area is 196 Å². The lowest BCUT2D eigenvalue weighted by molar-refractivity contribution is -0.387. The van der Waals surface area contributed by atoms with Gasteiger partial charge >= 0.3 is 0 Å². The van der Waals surface area contributed by atoms with Crippen LogP contribution < -0.4 is 0 Å². The Morgan fingerprint density at radius 1 is 1.00 bits per heavy atom. The minimum Gasteiger partial charge on any atom is -0.336 e. The van der Waals surface area contributed by atoms with E-state index in [2.05, 4.69) is 0 Å². The second-order valence-corrected chi connectivity index (χ2v) is 9.90. The van der Waals surface area contributed by atoms with Crippen molar-refractivity contribution in [2.45, 2.75) is 18.7 Å². The second kappa shape index (κ2) is 8.99. The molecule has 1 aliphatic rings. The van der Waals surface area contributed by atoms with Gasteiger partial charge in [0.25, 0.3) is 11.6 Å². The molecule has 1 aliphatic heterocycles. The van der Waals surface area contributed by atoms with E-state index >= 15 is 0 Å². The summed E-state index contributed by atoms with van der Waals surface area (Å²) in [4.78, 5) is 25.0. The van der Waals surface area contributed by atoms with Gasteiger partial charge in [0.2, 0.25) is 10.0 Å². The summed E-state index contributed by atoms with van der Waals surface area (Å²) in [7, 11) is -4.10. The van der Waals surface area contributed by atoms with E-state index in [0.29, 0.717) is 22.6 Å². The number of carbonyl (C=O) groups excluding carboxylic acids is 1. The van der Waals surface area contributed by atoms with Crippen molar-refractivity contribution in [3.05, 3.63) is 87.5 Å². The van der Waals surface area contributed by atoms with Gasteiger partial charge in [-0.25, -0.2) is 12.8 Å². The van der Waals surface area contributed by atoms with Crippen molar-refractivity contribution in [3.8, 4) is 5.69 Å². The monoisotopic (exact) mass is 486 g/mol. The summed E-state index contributed by atoms with van der Waals surface area (Å²) in [5, 5.41) is 11.3. The van der Waals surface area contributed by atoms with Crippen LogP contribution in [0, 0.1) is 29.8 Å². The average molecular weight is 487 g/mol. The molecular formula is C23H23FN4O5S. The highest BCUT2D eigenvalue weighted by molar-refractivity contribution is 7.89. The van der Waals surface area contributed by atoms with Gasteiger partial charge in [0.1, 0.15) is 5.82 Å². The molecule has 0 saturated carbocycles. The number of halogens is 1. The number of amides is 1. The molecule has 4 rings (SSSR count). The van der Waals surface area contributed by atoms with E-state index in [4.69, 9.17) is 0 Å². The summed E-state index contributed by atoms with van der Waals surface area (Å²) in [5.74, 6) is -0.685. The van der Waals surface area contributed by atoms with Crippen LogP contribution in [0.25, 0.3) is 5.69 Å². The molecule has 1 saturated heterocycles. The Balaban J connectivity index is 1.54. The Hall–Kier alpha value is -3.57. The van der Waals surface area contributed by atoms with Crippen LogP contribution in [0.4, 0.5) is 10.1 Å². The third kappa shape index (κ3) is 4.08. The number of hydrogen-bond acceptors (Lipinski definition) is 5. The predicted molar refractivity (Wildman–Crippen MR) is 123 cm³/mol. The number of benzene rings is 2. The number of nitro groups is 1. The normalized spacial score (nSPS) is 14.9. The van der Waals surface area contributed by atoms with Crippen molar-refractivity contribution in [2.24, 2.45) is 0 Å². The third-order valence-electron chi connectivity index (χ3n) is 5.96. The van der Waals surface area contributed by atoms with E-state index < -0.39 is 26.5 Å². The molecule has 1 fully saturated rings. The molecule has 1 aromatic heterocycles. The first-order valence-corrected chi connectivity index (χ1v) is 12.0. The van der Waals surface area contributed by atoms with E-state index in [9.17, 15) is 27.7 Å². The van der Waals surface area contributed by atoms with Gasteiger partial charge in [-0.15, -0.1) is 0 Å². The Bertz CT molecular complexity index is 1380. The topological polar surface area (TPSA) is 106 Å². The zero-order chi connectivity index (χ0) is 24.6. The highest BCUT2D eigenvalue weighted by atomic mass is 32.2. The van der Waals surface area contributed by atoms with E-state index in [1.165, 1.54) is 24.3 Å². The van der Waals surface area contributed by atoms with Crippen LogP contribution in [0.3, 0.4) is 0 Å². The van der Waals surface area contributed by atoms with Crippen molar-refractivity contribution in [3.63, 3.8) is 0 Å². The summed E-state index contributed by atoms with van der Waals surface area (Å²) >= 11 is 0. The van der Waals surface area contributed by atoms with Crippen LogP contribution in [0.5, 0.6) is 0 Å². The fraction of sp³-hybridized carbons (Fsp3) is 0.261. The molecule has 11 heteroatoms. The van der Waals surface area contributed by atoms with Crippen LogP contribution in [0.15, 0.2) is 59.5 Å². The van der Waals surface area contributed by atoms with Gasteiger partial charge in [-0.1, -0.05) is 24.3 Å². The average Bonchev–Trinajstić information content (AvgIpc) is 3.12. The molecule has 3 aromatic rings. The molecule has 0 unspecified atom stereocenters. The number of sulfonamides is 1. The van der Waals surface area contributed by atoms with Gasteiger partial charge in [0, 0.05) is 43.6 Å².